The fourth-order valence-electron chi connectivity index (χ4n) is 3.09. The normalized spacial score (nSPS) is 17.1. The first-order valence-corrected chi connectivity index (χ1v) is 7.36. The van der Waals surface area contributed by atoms with Crippen LogP contribution in [0.4, 0.5) is 0 Å². The number of aromatic hydroxyl groups is 1. The maximum absolute atomic E-state index is 11.2. The molecule has 110 valence electrons. The van der Waals surface area contributed by atoms with Crippen molar-refractivity contribution in [1.82, 2.24) is 4.90 Å². The average molecular weight is 284 g/mol. The molecule has 0 radical (unpaired) electrons. The van der Waals surface area contributed by atoms with Gasteiger partial charge in [-0.05, 0) is 42.8 Å². The van der Waals surface area contributed by atoms with Crippen LogP contribution in [0.1, 0.15) is 18.4 Å². The number of phenolic OH excluding ortho intramolecular Hbond substituents is 1. The lowest BCUT2D eigenvalue weighted by Crippen LogP contribution is -2.38. The summed E-state index contributed by atoms with van der Waals surface area (Å²) in [5.41, 5.74) is 6.33. The lowest BCUT2D eigenvalue weighted by Gasteiger charge is -2.30. The Bertz CT molecular complexity index is 661. The van der Waals surface area contributed by atoms with Crippen LogP contribution in [-0.2, 0) is 11.3 Å². The van der Waals surface area contributed by atoms with Gasteiger partial charge in [0.1, 0.15) is 5.75 Å². The molecule has 0 atom stereocenters. The Morgan fingerprint density at radius 1 is 1.19 bits per heavy atom. The molecular weight excluding hydrogens is 264 g/mol. The van der Waals surface area contributed by atoms with E-state index in [2.05, 4.69) is 11.0 Å². The van der Waals surface area contributed by atoms with Gasteiger partial charge in [-0.25, -0.2) is 0 Å². The second-order valence-corrected chi connectivity index (χ2v) is 5.74. The highest BCUT2D eigenvalue weighted by Gasteiger charge is 2.23. The van der Waals surface area contributed by atoms with E-state index in [-0.39, 0.29) is 11.8 Å². The molecule has 4 nitrogen and oxygen atoms in total. The number of nitrogens with zero attached hydrogens (tertiary/aromatic N) is 1. The van der Waals surface area contributed by atoms with E-state index >= 15 is 0 Å². The molecule has 21 heavy (non-hydrogen) atoms. The monoisotopic (exact) mass is 284 g/mol. The van der Waals surface area contributed by atoms with Crippen LogP contribution in [0.15, 0.2) is 36.4 Å². The number of nitrogens with two attached hydrogens (primary N) is 1. The van der Waals surface area contributed by atoms with Gasteiger partial charge in [-0.2, -0.15) is 0 Å². The van der Waals surface area contributed by atoms with Crippen molar-refractivity contribution >= 4 is 16.7 Å². The van der Waals surface area contributed by atoms with Crippen LogP contribution in [0.2, 0.25) is 0 Å². The van der Waals surface area contributed by atoms with E-state index in [4.69, 9.17) is 5.73 Å². The van der Waals surface area contributed by atoms with Crippen LogP contribution in [0.25, 0.3) is 10.8 Å². The van der Waals surface area contributed by atoms with E-state index in [0.29, 0.717) is 12.3 Å². The Kier molecular flexibility index (Phi) is 3.80. The SMILES string of the molecule is NC(=O)C1CCN(Cc2c(O)ccc3ccccc23)CC1. The number of likely N-dealkylation sites (tertiary alicyclic amines) is 1. The smallest absolute Gasteiger partial charge is 0.220 e. The second kappa shape index (κ2) is 5.74. The summed E-state index contributed by atoms with van der Waals surface area (Å²) >= 11 is 0. The third-order valence-electron chi connectivity index (χ3n) is 4.39. The predicted molar refractivity (Wildman–Crippen MR) is 82.8 cm³/mol. The number of primary amides is 1. The van der Waals surface area contributed by atoms with Crippen LogP contribution < -0.4 is 5.73 Å². The second-order valence-electron chi connectivity index (χ2n) is 5.74. The summed E-state index contributed by atoms with van der Waals surface area (Å²) in [7, 11) is 0. The van der Waals surface area contributed by atoms with Crippen molar-refractivity contribution in [2.45, 2.75) is 19.4 Å². The first kappa shape index (κ1) is 13.9. The summed E-state index contributed by atoms with van der Waals surface area (Å²) in [4.78, 5) is 13.5. The first-order valence-electron chi connectivity index (χ1n) is 7.36. The van der Waals surface area contributed by atoms with Gasteiger partial charge in [0.15, 0.2) is 0 Å². The lowest BCUT2D eigenvalue weighted by molar-refractivity contribution is -0.123. The Morgan fingerprint density at radius 2 is 1.90 bits per heavy atom. The number of rotatable bonds is 3. The number of fused-ring (bicyclic) bond motifs is 1. The van der Waals surface area contributed by atoms with Gasteiger partial charge in [0, 0.05) is 18.0 Å². The molecule has 0 bridgehead atoms. The zero-order valence-corrected chi connectivity index (χ0v) is 12.0. The molecule has 2 aromatic rings. The summed E-state index contributed by atoms with van der Waals surface area (Å²) in [5.74, 6) is 0.149. The van der Waals surface area contributed by atoms with Crippen molar-refractivity contribution in [3.63, 3.8) is 0 Å². The minimum Gasteiger partial charge on any atom is -0.508 e. The summed E-state index contributed by atoms with van der Waals surface area (Å²) in [5, 5.41) is 12.4. The molecule has 0 unspecified atom stereocenters. The fourth-order valence-corrected chi connectivity index (χ4v) is 3.09. The van der Waals surface area contributed by atoms with Crippen LogP contribution in [-0.4, -0.2) is 29.0 Å². The van der Waals surface area contributed by atoms with Crippen molar-refractivity contribution in [3.8, 4) is 5.75 Å². The lowest BCUT2D eigenvalue weighted by atomic mass is 9.95. The molecule has 1 aliphatic rings. The van der Waals surface area contributed by atoms with Crippen LogP contribution in [0.3, 0.4) is 0 Å². The third-order valence-corrected chi connectivity index (χ3v) is 4.39. The van der Waals surface area contributed by atoms with Crippen molar-refractivity contribution < 1.29 is 9.90 Å². The highest BCUT2D eigenvalue weighted by atomic mass is 16.3. The molecule has 0 saturated carbocycles. The van der Waals surface area contributed by atoms with Gasteiger partial charge in [-0.1, -0.05) is 30.3 Å². The molecule has 1 amide bonds. The first-order chi connectivity index (χ1) is 10.1. The Labute approximate surface area is 124 Å². The Hall–Kier alpha value is -2.07. The topological polar surface area (TPSA) is 66.6 Å². The summed E-state index contributed by atoms with van der Waals surface area (Å²) in [6, 6.07) is 11.8. The standard InChI is InChI=1S/C17H20N2O2/c18-17(21)13-7-9-19(10-8-13)11-15-14-4-2-1-3-12(14)5-6-16(15)20/h1-6,13,20H,7-11H2,(H2,18,21). The van der Waals surface area contributed by atoms with Gasteiger partial charge in [0.25, 0.3) is 0 Å². The number of amides is 1. The van der Waals surface area contributed by atoms with Crippen molar-refractivity contribution in [3.05, 3.63) is 42.0 Å². The highest BCUT2D eigenvalue weighted by Crippen LogP contribution is 2.29. The van der Waals surface area contributed by atoms with E-state index in [1.165, 1.54) is 0 Å². The number of benzene rings is 2. The van der Waals surface area contributed by atoms with Crippen molar-refractivity contribution in [2.24, 2.45) is 11.7 Å². The van der Waals surface area contributed by atoms with Crippen LogP contribution in [0, 0.1) is 5.92 Å². The number of hydrogen-bond acceptors (Lipinski definition) is 3. The van der Waals surface area contributed by atoms with Gasteiger partial charge >= 0.3 is 0 Å². The summed E-state index contributed by atoms with van der Waals surface area (Å²) < 4.78 is 0. The van der Waals surface area contributed by atoms with Crippen LogP contribution >= 0.6 is 0 Å². The molecule has 4 heteroatoms. The van der Waals surface area contributed by atoms with E-state index < -0.39 is 0 Å². The number of hydrogen-bond donors (Lipinski definition) is 2. The summed E-state index contributed by atoms with van der Waals surface area (Å²) in [6.45, 7) is 2.39. The fraction of sp³-hybridized carbons (Fsp3) is 0.353. The predicted octanol–water partition coefficient (Wildman–Crippen LogP) is 2.24. The molecule has 1 heterocycles. The number of carbonyl (C=O) groups is 1. The Balaban J connectivity index is 1.80. The van der Waals surface area contributed by atoms with E-state index in [0.717, 1.165) is 42.3 Å². The van der Waals surface area contributed by atoms with Gasteiger partial charge < -0.3 is 10.8 Å². The third kappa shape index (κ3) is 2.85. The van der Waals surface area contributed by atoms with Crippen LogP contribution in [0.5, 0.6) is 5.75 Å². The minimum atomic E-state index is -0.192. The van der Waals surface area contributed by atoms with Gasteiger partial charge in [-0.3, -0.25) is 9.69 Å². The van der Waals surface area contributed by atoms with E-state index in [1.54, 1.807) is 6.07 Å². The van der Waals surface area contributed by atoms with E-state index in [1.807, 2.05) is 24.3 Å². The zero-order valence-electron chi connectivity index (χ0n) is 12.0. The molecule has 0 aromatic heterocycles. The Morgan fingerprint density at radius 3 is 2.62 bits per heavy atom. The van der Waals surface area contributed by atoms with E-state index in [9.17, 15) is 9.90 Å². The van der Waals surface area contributed by atoms with Crippen molar-refractivity contribution in [2.75, 3.05) is 13.1 Å². The quantitative estimate of drug-likeness (QED) is 0.908. The highest BCUT2D eigenvalue weighted by molar-refractivity contribution is 5.87. The maximum atomic E-state index is 11.2. The minimum absolute atomic E-state index is 0.00219. The zero-order chi connectivity index (χ0) is 14.8. The molecule has 0 aliphatic carbocycles. The van der Waals surface area contributed by atoms with Gasteiger partial charge in [-0.15, -0.1) is 0 Å². The van der Waals surface area contributed by atoms with Crippen molar-refractivity contribution in [1.29, 1.82) is 0 Å². The molecule has 1 saturated heterocycles. The largest absolute Gasteiger partial charge is 0.508 e. The molecule has 1 fully saturated rings. The molecule has 3 N–H and O–H groups in total. The maximum Gasteiger partial charge on any atom is 0.220 e. The van der Waals surface area contributed by atoms with Gasteiger partial charge in [0.05, 0.1) is 0 Å². The van der Waals surface area contributed by atoms with Gasteiger partial charge in [0.2, 0.25) is 5.91 Å². The summed E-state index contributed by atoms with van der Waals surface area (Å²) in [6.07, 6.45) is 1.61. The molecule has 0 spiro atoms. The average Bonchev–Trinajstić information content (AvgIpc) is 2.51. The molecule has 1 aliphatic heterocycles. The molecule has 3 rings (SSSR count). The molecule has 2 aromatic carbocycles. The number of phenols is 1. The number of piperidine rings is 1. The number of carbonyl (C=O) groups excluding carboxylic acids is 1. The molecular formula is C17H20N2O2.